The highest BCUT2D eigenvalue weighted by Crippen LogP contribution is 2.54. The van der Waals surface area contributed by atoms with Crippen LogP contribution in [0.25, 0.3) is 138 Å². The maximum absolute atomic E-state index is 9.89. The molecule has 0 fully saturated rings. The second-order valence-corrected chi connectivity index (χ2v) is 29.2. The van der Waals surface area contributed by atoms with E-state index in [1.807, 2.05) is 115 Å². The number of fused-ring (bicyclic) bond motifs is 16. The third-order valence-electron chi connectivity index (χ3n) is 21.3. The lowest BCUT2D eigenvalue weighted by molar-refractivity contribution is 0.590. The minimum absolute atomic E-state index is 0.0470. The molecule has 4 aromatic heterocycles. The molecule has 0 atom stereocenters. The first-order chi connectivity index (χ1) is 60.1. The lowest BCUT2D eigenvalue weighted by Crippen LogP contribution is -2.61. The first-order valence-electron chi connectivity index (χ1n) is 45.5. The Morgan fingerprint density at radius 1 is 0.295 bits per heavy atom. The van der Waals surface area contributed by atoms with Crippen molar-refractivity contribution in [3.63, 3.8) is 0 Å². The van der Waals surface area contributed by atoms with E-state index in [0.717, 1.165) is 55.2 Å². The second kappa shape index (κ2) is 22.8. The number of hydrogen-bond acceptors (Lipinski definition) is 3. The van der Waals surface area contributed by atoms with Gasteiger partial charge in [-0.15, -0.1) is 0 Å². The van der Waals surface area contributed by atoms with Crippen LogP contribution in [0.2, 0.25) is 0 Å². The van der Waals surface area contributed by atoms with Crippen LogP contribution in [0.4, 0.5) is 34.1 Å². The van der Waals surface area contributed by atoms with Gasteiger partial charge in [0.15, 0.2) is 11.2 Å². The number of hydrogen-bond donors (Lipinski definition) is 0. The van der Waals surface area contributed by atoms with Crippen molar-refractivity contribution in [1.82, 2.24) is 13.7 Å². The van der Waals surface area contributed by atoms with Crippen LogP contribution in [0.5, 0.6) is 0 Å². The van der Waals surface area contributed by atoms with E-state index in [0.29, 0.717) is 72.5 Å². The number of furan rings is 1. The van der Waals surface area contributed by atoms with Crippen LogP contribution in [-0.2, 0) is 10.8 Å². The summed E-state index contributed by atoms with van der Waals surface area (Å²) in [6.07, 6.45) is 0. The van der Waals surface area contributed by atoms with Gasteiger partial charge in [0, 0.05) is 82.7 Å². The number of benzene rings is 15. The highest BCUT2D eigenvalue weighted by molar-refractivity contribution is 7.00. The van der Waals surface area contributed by atoms with Crippen molar-refractivity contribution in [2.75, 3.05) is 9.80 Å². The minimum Gasteiger partial charge on any atom is -0.452 e. The average molecular weight is 1370 g/mol. The Morgan fingerprint density at radius 2 is 0.743 bits per heavy atom. The largest absolute Gasteiger partial charge is 0.452 e. The van der Waals surface area contributed by atoms with Crippen molar-refractivity contribution in [2.24, 2.45) is 0 Å². The fourth-order valence-electron chi connectivity index (χ4n) is 16.5. The Labute approximate surface area is 639 Å². The molecule has 15 aromatic carbocycles. The molecule has 2 aliphatic heterocycles. The SMILES string of the molecule is [2H]c1c([2H])c([2H])c(-c2ccc3c(c2)N(c2c(-c4ccccc4)cccc2-c2ccccc2)c2cc(-n4c5ccc(C(C)(C)C)cc5c5cc(C(C)(C)C)ccc54)cc4c2B3c2ccc(-n3c5c([2H])c([2H])c([2H])c([2H])c5c5c([2H])c([2H])c([2H])c([2H])c53)cc2N4c2cccc3c2oc2c(-n4c5c([2H])c([2H])c([2H])c([2H])c5c5c([2H])c([2H])c([2H])c([2H])c54)cccc23)c([2H])c1[2H]. The first kappa shape index (κ1) is 43.2. The predicted molar refractivity (Wildman–Crippen MR) is 444 cm³/mol. The van der Waals surface area contributed by atoms with E-state index < -0.39 is 134 Å². The highest BCUT2D eigenvalue weighted by Gasteiger charge is 2.46. The average Bonchev–Trinajstić information content (AvgIpc) is 0.920. The van der Waals surface area contributed by atoms with Gasteiger partial charge in [-0.05, 0) is 151 Å². The Balaban J connectivity index is 0.973. The summed E-state index contributed by atoms with van der Waals surface area (Å²) in [6.45, 7) is 12.2. The normalized spacial score (nSPS) is 15.8. The zero-order valence-corrected chi connectivity index (χ0v) is 57.8. The van der Waals surface area contributed by atoms with Crippen molar-refractivity contribution >= 4 is 145 Å². The molecule has 0 aliphatic carbocycles. The summed E-state index contributed by atoms with van der Waals surface area (Å²) in [5.41, 5.74) is 12.7. The van der Waals surface area contributed by atoms with Crippen molar-refractivity contribution < 1.29 is 33.2 Å². The van der Waals surface area contributed by atoms with Gasteiger partial charge >= 0.3 is 0 Å². The molecule has 0 bridgehead atoms. The molecule has 6 heterocycles. The molecular formula is C98H72BN5O. The Hall–Kier alpha value is -12.8. The van der Waals surface area contributed by atoms with E-state index in [1.165, 1.54) is 9.13 Å². The molecule has 0 amide bonds. The van der Waals surface area contributed by atoms with Gasteiger partial charge < -0.3 is 27.9 Å². The summed E-state index contributed by atoms with van der Waals surface area (Å²) in [5, 5.41) is 2.35. The summed E-state index contributed by atoms with van der Waals surface area (Å²) in [6, 6.07) is 54.1. The van der Waals surface area contributed by atoms with Crippen molar-refractivity contribution in [1.29, 1.82) is 0 Å². The molecular weight excluding hydrogens is 1270 g/mol. The number of para-hydroxylation sites is 7. The molecule has 0 saturated heterocycles. The van der Waals surface area contributed by atoms with Crippen molar-refractivity contribution in [3.05, 3.63) is 338 Å². The molecule has 7 heteroatoms. The van der Waals surface area contributed by atoms with Crippen LogP contribution < -0.4 is 26.2 Å². The van der Waals surface area contributed by atoms with E-state index in [-0.39, 0.29) is 82.5 Å². The van der Waals surface area contributed by atoms with Gasteiger partial charge in [0.05, 0.1) is 84.6 Å². The molecule has 0 N–H and O–H groups in total. The standard InChI is InChI=1S/C98H72BN5O/c1-97(2,3)65-48-53-85-77(56-65)78-57-66(98(4,5)6)49-54-86(78)101(85)68-59-91-93-92(60-68)104(94-69(62-29-12-8-13-30-62)37-24-38-70(94)63-31-14-9-15-32-63)89-55-64(61-27-10-7-11-28-61)47-51-79(89)99(93)80-52-50-67(100-81-41-20-16-33-71(81)72-34-17-21-42-82(72)100)58-90(80)103(91)88-46-26-40-76-75-39-25-45-87(95(75)105-96(76)88)102-83-43-22-18-35-73(83)74-36-19-23-44-84(74)102/h7-60H,1-6H3/i7D,10D,11D,16D,17D,18D,19D,20D,21D,22D,23D,27D,28D,33D,34D,35D,36D,41D,42D,43D,44D. The lowest BCUT2D eigenvalue weighted by Gasteiger charge is -2.45. The maximum atomic E-state index is 9.89. The predicted octanol–water partition coefficient (Wildman–Crippen LogP) is 24.6. The molecule has 0 radical (unpaired) electrons. The minimum atomic E-state index is -0.876. The summed E-state index contributed by atoms with van der Waals surface area (Å²) >= 11 is 0. The molecule has 0 unspecified atom stereocenters. The van der Waals surface area contributed by atoms with Gasteiger partial charge in [-0.2, -0.15) is 0 Å². The zero-order valence-electron chi connectivity index (χ0n) is 78.8. The number of rotatable bonds is 8. The Morgan fingerprint density at radius 3 is 1.29 bits per heavy atom. The van der Waals surface area contributed by atoms with Gasteiger partial charge in [-0.1, -0.05) is 278 Å². The smallest absolute Gasteiger partial charge is 0.252 e. The number of anilines is 6. The van der Waals surface area contributed by atoms with E-state index in [2.05, 4.69) is 117 Å². The molecule has 6 nitrogen and oxygen atoms in total. The van der Waals surface area contributed by atoms with Crippen LogP contribution >= 0.6 is 0 Å². The summed E-state index contributed by atoms with van der Waals surface area (Å²) in [7, 11) is 0. The van der Waals surface area contributed by atoms with Crippen molar-refractivity contribution in [3.8, 4) is 50.4 Å². The van der Waals surface area contributed by atoms with Crippen LogP contribution in [0.3, 0.4) is 0 Å². The van der Waals surface area contributed by atoms with Gasteiger partial charge in [0.25, 0.3) is 6.71 Å². The van der Waals surface area contributed by atoms with Crippen LogP contribution in [0.1, 0.15) is 81.5 Å². The van der Waals surface area contributed by atoms with Crippen molar-refractivity contribution in [2.45, 2.75) is 52.4 Å². The van der Waals surface area contributed by atoms with Crippen LogP contribution in [-0.4, -0.2) is 20.4 Å². The fourth-order valence-corrected chi connectivity index (χ4v) is 16.5. The van der Waals surface area contributed by atoms with Gasteiger partial charge in [0.2, 0.25) is 0 Å². The van der Waals surface area contributed by atoms with Crippen LogP contribution in [0.15, 0.2) is 331 Å². The topological polar surface area (TPSA) is 34.4 Å². The first-order valence-corrected chi connectivity index (χ1v) is 35.0. The van der Waals surface area contributed by atoms with E-state index in [4.69, 9.17) is 14.0 Å². The molecule has 105 heavy (non-hydrogen) atoms. The summed E-state index contributed by atoms with van der Waals surface area (Å²) < 4.78 is 210. The third kappa shape index (κ3) is 9.17. The van der Waals surface area contributed by atoms with Crippen LogP contribution in [0, 0.1) is 0 Å². The van der Waals surface area contributed by atoms with Gasteiger partial charge in [-0.25, -0.2) is 0 Å². The Kier molecular flexibility index (Phi) is 9.39. The number of aromatic nitrogens is 3. The molecule has 0 spiro atoms. The highest BCUT2D eigenvalue weighted by atomic mass is 16.3. The molecule has 19 aromatic rings. The maximum Gasteiger partial charge on any atom is 0.252 e. The number of nitrogens with zero attached hydrogens (tertiary/aromatic N) is 5. The molecule has 21 rings (SSSR count). The molecule has 2 aliphatic rings. The third-order valence-corrected chi connectivity index (χ3v) is 21.3. The monoisotopic (exact) mass is 1370 g/mol. The fraction of sp³-hybridized carbons (Fsp3) is 0.0816. The quantitative estimate of drug-likeness (QED) is 0.142. The van der Waals surface area contributed by atoms with E-state index >= 15 is 0 Å². The zero-order chi connectivity index (χ0) is 88.4. The summed E-state index contributed by atoms with van der Waals surface area (Å²) in [4.78, 5) is 4.31. The van der Waals surface area contributed by atoms with E-state index in [9.17, 15) is 19.2 Å². The van der Waals surface area contributed by atoms with Gasteiger partial charge in [-0.3, -0.25) is 0 Å². The molecule has 498 valence electrons. The van der Waals surface area contributed by atoms with Gasteiger partial charge in [0.1, 0.15) is 0 Å². The lowest BCUT2D eigenvalue weighted by atomic mass is 9.33. The molecule has 0 saturated carbocycles. The second-order valence-electron chi connectivity index (χ2n) is 29.2. The van der Waals surface area contributed by atoms with E-state index in [1.54, 1.807) is 24.3 Å². The Bertz CT molecular complexity index is 7850. The summed E-state index contributed by atoms with van der Waals surface area (Å²) in [5.74, 6) is 0.